The van der Waals surface area contributed by atoms with E-state index in [4.69, 9.17) is 14.2 Å². The molecule has 2 aromatic carbocycles. The van der Waals surface area contributed by atoms with E-state index in [0.717, 1.165) is 11.3 Å². The van der Waals surface area contributed by atoms with Gasteiger partial charge in [-0.25, -0.2) is 0 Å². The van der Waals surface area contributed by atoms with Crippen LogP contribution in [0.25, 0.3) is 0 Å². The summed E-state index contributed by atoms with van der Waals surface area (Å²) >= 11 is 0. The van der Waals surface area contributed by atoms with Crippen molar-refractivity contribution in [2.75, 3.05) is 34.4 Å². The number of amides is 2. The predicted molar refractivity (Wildman–Crippen MR) is 118 cm³/mol. The van der Waals surface area contributed by atoms with E-state index in [1.54, 1.807) is 45.6 Å². The molecule has 7 nitrogen and oxygen atoms in total. The number of nitrogens with one attached hydrogen (secondary N) is 1. The summed E-state index contributed by atoms with van der Waals surface area (Å²) < 4.78 is 15.8. The lowest BCUT2D eigenvalue weighted by molar-refractivity contribution is -0.127. The summed E-state index contributed by atoms with van der Waals surface area (Å²) in [5.74, 6) is 1.89. The van der Waals surface area contributed by atoms with Crippen LogP contribution in [0.3, 0.4) is 0 Å². The summed E-state index contributed by atoms with van der Waals surface area (Å²) in [7, 11) is 4.78. The van der Waals surface area contributed by atoms with Crippen molar-refractivity contribution >= 4 is 11.8 Å². The van der Waals surface area contributed by atoms with Gasteiger partial charge in [0.1, 0.15) is 5.75 Å². The quantitative estimate of drug-likeness (QED) is 0.734. The van der Waals surface area contributed by atoms with E-state index in [0.29, 0.717) is 43.0 Å². The average molecular weight is 427 g/mol. The second-order valence-corrected chi connectivity index (χ2v) is 7.64. The summed E-state index contributed by atoms with van der Waals surface area (Å²) in [6.45, 7) is 3.07. The van der Waals surface area contributed by atoms with Crippen LogP contribution in [-0.2, 0) is 4.79 Å². The number of likely N-dealkylation sites (tertiary alicyclic amines) is 1. The highest BCUT2D eigenvalue weighted by molar-refractivity contribution is 5.94. The van der Waals surface area contributed by atoms with Crippen molar-refractivity contribution in [3.8, 4) is 17.2 Å². The van der Waals surface area contributed by atoms with Crippen molar-refractivity contribution in [1.82, 2.24) is 10.2 Å². The maximum absolute atomic E-state index is 12.8. The Bertz CT molecular complexity index is 905. The monoisotopic (exact) mass is 426 g/mol. The van der Waals surface area contributed by atoms with E-state index in [1.165, 1.54) is 0 Å². The third-order valence-corrected chi connectivity index (χ3v) is 5.76. The lowest BCUT2D eigenvalue weighted by Crippen LogP contribution is -2.43. The van der Waals surface area contributed by atoms with Crippen molar-refractivity contribution in [1.29, 1.82) is 0 Å². The van der Waals surface area contributed by atoms with Gasteiger partial charge in [0.25, 0.3) is 5.91 Å². The van der Waals surface area contributed by atoms with Gasteiger partial charge < -0.3 is 24.4 Å². The zero-order valence-electron chi connectivity index (χ0n) is 18.5. The van der Waals surface area contributed by atoms with Crippen LogP contribution in [0.5, 0.6) is 17.2 Å². The Morgan fingerprint density at radius 1 is 0.935 bits per heavy atom. The molecule has 1 aliphatic heterocycles. The standard InChI is InChI=1S/C24H30N2O5/c1-16(19-7-10-21(30-3)22(15-19)31-4)25-23(27)17-11-13-26(14-12-17)24(28)18-5-8-20(29-2)9-6-18/h5-10,15-17H,11-14H2,1-4H3,(H,25,27)/t16-/m0/s1. The molecular formula is C24H30N2O5. The Hall–Kier alpha value is -3.22. The molecule has 0 aliphatic carbocycles. The topological polar surface area (TPSA) is 77.1 Å². The van der Waals surface area contributed by atoms with Crippen LogP contribution in [0.2, 0.25) is 0 Å². The van der Waals surface area contributed by atoms with Crippen LogP contribution in [0.1, 0.15) is 41.7 Å². The molecular weight excluding hydrogens is 396 g/mol. The Labute approximate surface area is 183 Å². The third kappa shape index (κ3) is 5.29. The molecule has 31 heavy (non-hydrogen) atoms. The molecule has 1 N–H and O–H groups in total. The number of nitrogens with zero attached hydrogens (tertiary/aromatic N) is 1. The van der Waals surface area contributed by atoms with Gasteiger partial charge in [-0.1, -0.05) is 6.07 Å². The van der Waals surface area contributed by atoms with Crippen molar-refractivity contribution in [3.05, 3.63) is 53.6 Å². The minimum atomic E-state index is -0.161. The number of methoxy groups -OCH3 is 3. The first-order chi connectivity index (χ1) is 15.0. The fourth-order valence-corrected chi connectivity index (χ4v) is 3.80. The lowest BCUT2D eigenvalue weighted by atomic mass is 9.94. The van der Waals surface area contributed by atoms with Crippen LogP contribution in [0.15, 0.2) is 42.5 Å². The summed E-state index contributed by atoms with van der Waals surface area (Å²) in [4.78, 5) is 27.3. The summed E-state index contributed by atoms with van der Waals surface area (Å²) in [5.41, 5.74) is 1.57. The van der Waals surface area contributed by atoms with Crippen LogP contribution in [0, 0.1) is 5.92 Å². The molecule has 7 heteroatoms. The minimum absolute atomic E-state index is 0.0128. The molecule has 0 radical (unpaired) electrons. The normalized spacial score (nSPS) is 15.2. The van der Waals surface area contributed by atoms with Crippen molar-refractivity contribution in [2.45, 2.75) is 25.8 Å². The zero-order chi connectivity index (χ0) is 22.4. The van der Waals surface area contributed by atoms with Gasteiger partial charge in [-0.15, -0.1) is 0 Å². The predicted octanol–water partition coefficient (Wildman–Crippen LogP) is 3.44. The highest BCUT2D eigenvalue weighted by Gasteiger charge is 2.28. The lowest BCUT2D eigenvalue weighted by Gasteiger charge is -2.32. The molecule has 1 atom stereocenters. The molecule has 0 saturated carbocycles. The highest BCUT2D eigenvalue weighted by Crippen LogP contribution is 2.30. The molecule has 0 bridgehead atoms. The first-order valence-electron chi connectivity index (χ1n) is 10.4. The van der Waals surface area contributed by atoms with Gasteiger partial charge in [-0.05, 0) is 61.7 Å². The summed E-state index contributed by atoms with van der Waals surface area (Å²) in [5, 5.41) is 3.09. The molecule has 1 aliphatic rings. The van der Waals surface area contributed by atoms with Crippen LogP contribution >= 0.6 is 0 Å². The molecule has 1 heterocycles. The Morgan fingerprint density at radius 3 is 2.16 bits per heavy atom. The highest BCUT2D eigenvalue weighted by atomic mass is 16.5. The number of carbonyl (C=O) groups is 2. The molecule has 166 valence electrons. The van der Waals surface area contributed by atoms with E-state index in [-0.39, 0.29) is 23.8 Å². The Balaban J connectivity index is 1.54. The Kier molecular flexibility index (Phi) is 7.39. The number of hydrogen-bond donors (Lipinski definition) is 1. The zero-order valence-corrected chi connectivity index (χ0v) is 18.5. The second-order valence-electron chi connectivity index (χ2n) is 7.64. The van der Waals surface area contributed by atoms with Gasteiger partial charge in [-0.3, -0.25) is 9.59 Å². The first-order valence-corrected chi connectivity index (χ1v) is 10.4. The third-order valence-electron chi connectivity index (χ3n) is 5.76. The van der Waals surface area contributed by atoms with Gasteiger partial charge in [0.05, 0.1) is 27.4 Å². The van der Waals surface area contributed by atoms with Crippen molar-refractivity contribution < 1.29 is 23.8 Å². The first kappa shape index (κ1) is 22.5. The van der Waals surface area contributed by atoms with Crippen LogP contribution in [0.4, 0.5) is 0 Å². The number of rotatable bonds is 7. The smallest absolute Gasteiger partial charge is 0.253 e. The van der Waals surface area contributed by atoms with Gasteiger partial charge in [-0.2, -0.15) is 0 Å². The van der Waals surface area contributed by atoms with Crippen molar-refractivity contribution in [2.24, 2.45) is 5.92 Å². The van der Waals surface area contributed by atoms with Crippen molar-refractivity contribution in [3.63, 3.8) is 0 Å². The van der Waals surface area contributed by atoms with E-state index >= 15 is 0 Å². The minimum Gasteiger partial charge on any atom is -0.497 e. The van der Waals surface area contributed by atoms with Gasteiger partial charge >= 0.3 is 0 Å². The summed E-state index contributed by atoms with van der Waals surface area (Å²) in [6.07, 6.45) is 1.29. The molecule has 3 rings (SSSR count). The average Bonchev–Trinajstić information content (AvgIpc) is 2.83. The fraction of sp³-hybridized carbons (Fsp3) is 0.417. The molecule has 0 unspecified atom stereocenters. The molecule has 0 spiro atoms. The van der Waals surface area contributed by atoms with Gasteiger partial charge in [0, 0.05) is 24.6 Å². The van der Waals surface area contributed by atoms with Gasteiger partial charge in [0.15, 0.2) is 11.5 Å². The molecule has 0 aromatic heterocycles. The Morgan fingerprint density at radius 2 is 1.58 bits per heavy atom. The van der Waals surface area contributed by atoms with E-state index < -0.39 is 0 Å². The van der Waals surface area contributed by atoms with E-state index in [9.17, 15) is 9.59 Å². The SMILES string of the molecule is COc1ccc(C(=O)N2CCC(C(=O)N[C@@H](C)c3ccc(OC)c(OC)c3)CC2)cc1. The summed E-state index contributed by atoms with van der Waals surface area (Å²) in [6, 6.07) is 12.6. The molecule has 1 fully saturated rings. The maximum Gasteiger partial charge on any atom is 0.253 e. The number of piperidine rings is 1. The molecule has 1 saturated heterocycles. The largest absolute Gasteiger partial charge is 0.497 e. The van der Waals surface area contributed by atoms with E-state index in [2.05, 4.69) is 5.32 Å². The fourth-order valence-electron chi connectivity index (χ4n) is 3.80. The van der Waals surface area contributed by atoms with Crippen LogP contribution in [-0.4, -0.2) is 51.1 Å². The number of carbonyl (C=O) groups excluding carboxylic acids is 2. The number of hydrogen-bond acceptors (Lipinski definition) is 5. The molecule has 2 amide bonds. The number of ether oxygens (including phenoxy) is 3. The molecule has 2 aromatic rings. The number of benzene rings is 2. The second kappa shape index (κ2) is 10.2. The van der Waals surface area contributed by atoms with Gasteiger partial charge in [0.2, 0.25) is 5.91 Å². The van der Waals surface area contributed by atoms with E-state index in [1.807, 2.05) is 30.0 Å². The van der Waals surface area contributed by atoms with Crippen LogP contribution < -0.4 is 19.5 Å². The maximum atomic E-state index is 12.8.